The smallest absolute Gasteiger partial charge is 0.246 e. The lowest BCUT2D eigenvalue weighted by atomic mass is 9.96. The highest BCUT2D eigenvalue weighted by molar-refractivity contribution is 7.11. The third-order valence-corrected chi connectivity index (χ3v) is 4.47. The highest BCUT2D eigenvalue weighted by Gasteiger charge is 2.24. The van der Waals surface area contributed by atoms with E-state index < -0.39 is 0 Å². The Bertz CT molecular complexity index is 499. The summed E-state index contributed by atoms with van der Waals surface area (Å²) in [6.45, 7) is 3.25. The van der Waals surface area contributed by atoms with Gasteiger partial charge in [-0.25, -0.2) is 0 Å². The number of thiophene rings is 1. The Morgan fingerprint density at radius 1 is 1.42 bits per heavy atom. The van der Waals surface area contributed by atoms with E-state index in [1.165, 1.54) is 5.56 Å². The van der Waals surface area contributed by atoms with Crippen molar-refractivity contribution in [3.63, 3.8) is 0 Å². The van der Waals surface area contributed by atoms with Crippen molar-refractivity contribution in [2.45, 2.75) is 19.8 Å². The molecule has 2 N–H and O–H groups in total. The molecule has 1 aromatic rings. The zero-order valence-electron chi connectivity index (χ0n) is 11.0. The molecule has 0 saturated carbocycles. The fourth-order valence-corrected chi connectivity index (χ4v) is 3.01. The lowest BCUT2D eigenvalue weighted by Gasteiger charge is -2.29. The van der Waals surface area contributed by atoms with E-state index >= 15 is 0 Å². The molecule has 1 aromatic heterocycles. The molecule has 2 rings (SSSR count). The van der Waals surface area contributed by atoms with Crippen LogP contribution in [0.15, 0.2) is 17.5 Å². The van der Waals surface area contributed by atoms with Crippen molar-refractivity contribution in [3.05, 3.63) is 28.0 Å². The number of primary amides is 1. The summed E-state index contributed by atoms with van der Waals surface area (Å²) in [5, 5.41) is 2.01. The summed E-state index contributed by atoms with van der Waals surface area (Å²) in [5.41, 5.74) is 6.46. The number of carbonyl (C=O) groups excluding carboxylic acids is 2. The van der Waals surface area contributed by atoms with Crippen LogP contribution < -0.4 is 5.73 Å². The first kappa shape index (κ1) is 13.8. The molecular formula is C14H18N2O2S. The van der Waals surface area contributed by atoms with Crippen molar-refractivity contribution in [1.29, 1.82) is 0 Å². The maximum Gasteiger partial charge on any atom is 0.246 e. The fourth-order valence-electron chi connectivity index (χ4n) is 2.19. The predicted octanol–water partition coefficient (Wildman–Crippen LogP) is 1.79. The first-order valence-electron chi connectivity index (χ1n) is 6.38. The van der Waals surface area contributed by atoms with E-state index in [4.69, 9.17) is 5.73 Å². The van der Waals surface area contributed by atoms with Gasteiger partial charge in [-0.2, -0.15) is 0 Å². The van der Waals surface area contributed by atoms with Gasteiger partial charge in [-0.05, 0) is 42.9 Å². The fraction of sp³-hybridized carbons (Fsp3) is 0.429. The number of hydrogen-bond donors (Lipinski definition) is 1. The van der Waals surface area contributed by atoms with Gasteiger partial charge in [0.1, 0.15) is 0 Å². The normalized spacial score (nSPS) is 17.0. The van der Waals surface area contributed by atoms with Gasteiger partial charge in [0, 0.05) is 30.0 Å². The molecule has 102 valence electrons. The molecule has 2 heterocycles. The van der Waals surface area contributed by atoms with E-state index in [1.54, 1.807) is 22.3 Å². The topological polar surface area (TPSA) is 63.4 Å². The molecule has 0 radical (unpaired) electrons. The Balaban J connectivity index is 1.90. The Labute approximate surface area is 116 Å². The van der Waals surface area contributed by atoms with Gasteiger partial charge >= 0.3 is 0 Å². The van der Waals surface area contributed by atoms with E-state index in [9.17, 15) is 9.59 Å². The van der Waals surface area contributed by atoms with Gasteiger partial charge < -0.3 is 10.6 Å². The van der Waals surface area contributed by atoms with Gasteiger partial charge in [0.15, 0.2) is 0 Å². The monoisotopic (exact) mass is 278 g/mol. The first-order valence-corrected chi connectivity index (χ1v) is 7.26. The zero-order chi connectivity index (χ0) is 13.8. The average molecular weight is 278 g/mol. The summed E-state index contributed by atoms with van der Waals surface area (Å²) in [5.74, 6) is -0.319. The van der Waals surface area contributed by atoms with Crippen LogP contribution in [-0.2, 0) is 9.59 Å². The van der Waals surface area contributed by atoms with Gasteiger partial charge in [-0.1, -0.05) is 0 Å². The highest BCUT2D eigenvalue weighted by Crippen LogP contribution is 2.19. The van der Waals surface area contributed by atoms with Crippen molar-refractivity contribution in [1.82, 2.24) is 4.90 Å². The first-order chi connectivity index (χ1) is 9.08. The summed E-state index contributed by atoms with van der Waals surface area (Å²) in [6.07, 6.45) is 4.83. The van der Waals surface area contributed by atoms with Crippen molar-refractivity contribution < 1.29 is 9.59 Å². The summed E-state index contributed by atoms with van der Waals surface area (Å²) >= 11 is 1.62. The molecular weight excluding hydrogens is 260 g/mol. The zero-order valence-corrected chi connectivity index (χ0v) is 11.8. The van der Waals surface area contributed by atoms with Crippen LogP contribution in [0.3, 0.4) is 0 Å². The molecule has 0 unspecified atom stereocenters. The molecule has 5 heteroatoms. The Morgan fingerprint density at radius 2 is 2.11 bits per heavy atom. The second-order valence-electron chi connectivity index (χ2n) is 4.80. The van der Waals surface area contributed by atoms with Crippen LogP contribution in [0.25, 0.3) is 6.08 Å². The lowest BCUT2D eigenvalue weighted by Crippen LogP contribution is -2.41. The summed E-state index contributed by atoms with van der Waals surface area (Å²) in [6, 6.07) is 2.03. The number of piperidine rings is 1. The van der Waals surface area contributed by atoms with Gasteiger partial charge in [0.25, 0.3) is 0 Å². The molecule has 0 bridgehead atoms. The molecule has 0 aliphatic carbocycles. The van der Waals surface area contributed by atoms with Gasteiger partial charge in [0.05, 0.1) is 0 Å². The molecule has 1 fully saturated rings. The second-order valence-corrected chi connectivity index (χ2v) is 5.75. The third kappa shape index (κ3) is 3.44. The number of nitrogens with two attached hydrogens (primary N) is 1. The van der Waals surface area contributed by atoms with Gasteiger partial charge in [-0.3, -0.25) is 9.59 Å². The van der Waals surface area contributed by atoms with Crippen LogP contribution in [-0.4, -0.2) is 29.8 Å². The Kier molecular flexibility index (Phi) is 4.37. The Morgan fingerprint density at radius 3 is 2.63 bits per heavy atom. The largest absolute Gasteiger partial charge is 0.369 e. The van der Waals surface area contributed by atoms with Crippen LogP contribution in [0.5, 0.6) is 0 Å². The van der Waals surface area contributed by atoms with E-state index in [0.29, 0.717) is 25.9 Å². The molecule has 1 aliphatic rings. The van der Waals surface area contributed by atoms with Crippen LogP contribution >= 0.6 is 11.3 Å². The summed E-state index contributed by atoms with van der Waals surface area (Å²) in [7, 11) is 0. The van der Waals surface area contributed by atoms with Crippen LogP contribution in [0.2, 0.25) is 0 Å². The minimum Gasteiger partial charge on any atom is -0.369 e. The highest BCUT2D eigenvalue weighted by atomic mass is 32.1. The number of amides is 2. The number of carbonyl (C=O) groups is 2. The van der Waals surface area contributed by atoms with E-state index in [2.05, 4.69) is 0 Å². The molecule has 2 amide bonds. The maximum absolute atomic E-state index is 12.0. The molecule has 0 atom stereocenters. The van der Waals surface area contributed by atoms with Crippen LogP contribution in [0.1, 0.15) is 23.3 Å². The van der Waals surface area contributed by atoms with Crippen molar-refractivity contribution in [3.8, 4) is 0 Å². The number of nitrogens with zero attached hydrogens (tertiary/aromatic N) is 1. The van der Waals surface area contributed by atoms with Gasteiger partial charge in [0.2, 0.25) is 11.8 Å². The van der Waals surface area contributed by atoms with Crippen molar-refractivity contribution >= 4 is 29.2 Å². The molecule has 1 saturated heterocycles. The molecule has 4 nitrogen and oxygen atoms in total. The van der Waals surface area contributed by atoms with E-state index in [1.807, 2.05) is 24.4 Å². The van der Waals surface area contributed by atoms with Crippen LogP contribution in [0, 0.1) is 12.8 Å². The van der Waals surface area contributed by atoms with Crippen molar-refractivity contribution in [2.24, 2.45) is 11.7 Å². The summed E-state index contributed by atoms with van der Waals surface area (Å²) in [4.78, 5) is 26.0. The summed E-state index contributed by atoms with van der Waals surface area (Å²) < 4.78 is 0. The quantitative estimate of drug-likeness (QED) is 0.857. The number of likely N-dealkylation sites (tertiary alicyclic amines) is 1. The predicted molar refractivity (Wildman–Crippen MR) is 76.6 cm³/mol. The van der Waals surface area contributed by atoms with E-state index in [-0.39, 0.29) is 17.7 Å². The SMILES string of the molecule is Cc1ccsc1C=CC(=O)N1CCC(C(N)=O)CC1. The maximum atomic E-state index is 12.0. The third-order valence-electron chi connectivity index (χ3n) is 3.49. The lowest BCUT2D eigenvalue weighted by molar-refractivity contribution is -0.130. The average Bonchev–Trinajstić information content (AvgIpc) is 2.81. The minimum absolute atomic E-state index is 0.00993. The number of aryl methyl sites for hydroxylation is 1. The molecule has 19 heavy (non-hydrogen) atoms. The standard InChI is InChI=1S/C14H18N2O2S/c1-10-6-9-19-12(10)2-3-13(17)16-7-4-11(5-8-16)14(15)18/h2-3,6,9,11H,4-5,7-8H2,1H3,(H2,15,18). The minimum atomic E-state index is -0.253. The number of hydrogen-bond acceptors (Lipinski definition) is 3. The molecule has 1 aliphatic heterocycles. The van der Waals surface area contributed by atoms with Crippen molar-refractivity contribution in [2.75, 3.05) is 13.1 Å². The number of rotatable bonds is 3. The molecule has 0 spiro atoms. The van der Waals surface area contributed by atoms with Gasteiger partial charge in [-0.15, -0.1) is 11.3 Å². The second kappa shape index (κ2) is 6.02. The Hall–Kier alpha value is -1.62. The van der Waals surface area contributed by atoms with E-state index in [0.717, 1.165) is 4.88 Å². The molecule has 0 aromatic carbocycles. The van der Waals surface area contributed by atoms with Crippen LogP contribution in [0.4, 0.5) is 0 Å².